The molecule has 4 aromatic rings. The summed E-state index contributed by atoms with van der Waals surface area (Å²) in [5.41, 5.74) is 7.55. The van der Waals surface area contributed by atoms with Crippen LogP contribution in [-0.2, 0) is 26.2 Å². The molecular weight excluding hydrogens is 771 g/mol. The van der Waals surface area contributed by atoms with Crippen LogP contribution in [0.25, 0.3) is 11.1 Å². The molecule has 4 heterocycles. The molecule has 0 spiro atoms. The Hall–Kier alpha value is -4.69. The topological polar surface area (TPSA) is 148 Å². The Morgan fingerprint density at radius 2 is 1.66 bits per heavy atom. The number of carbonyl (C=O) groups excluding carboxylic acids is 3. The summed E-state index contributed by atoms with van der Waals surface area (Å²) in [5, 5.41) is 19.7. The van der Waals surface area contributed by atoms with Gasteiger partial charge in [-0.05, 0) is 109 Å². The second-order valence-electron chi connectivity index (χ2n) is 15.9. The number of carbonyl (C=O) groups is 3. The van der Waals surface area contributed by atoms with Gasteiger partial charge >= 0.3 is 0 Å². The van der Waals surface area contributed by atoms with Crippen molar-refractivity contribution in [2.24, 2.45) is 5.92 Å². The highest BCUT2D eigenvalue weighted by Crippen LogP contribution is 2.49. The molecular formula is C45H51N5O6S2. The van der Waals surface area contributed by atoms with Crippen molar-refractivity contribution < 1.29 is 27.9 Å². The number of amides is 3. The summed E-state index contributed by atoms with van der Waals surface area (Å²) in [6, 6.07) is 26.2. The zero-order valence-electron chi connectivity index (χ0n) is 32.8. The molecule has 304 valence electrons. The molecule has 2 fully saturated rings. The first-order chi connectivity index (χ1) is 28.1. The minimum Gasteiger partial charge on any atom is -0.394 e. The van der Waals surface area contributed by atoms with E-state index in [4.69, 9.17) is 0 Å². The molecule has 0 aliphatic carbocycles. The van der Waals surface area contributed by atoms with E-state index < -0.39 is 16.1 Å². The molecule has 3 amide bonds. The largest absolute Gasteiger partial charge is 0.394 e. The quantitative estimate of drug-likeness (QED) is 0.0560. The van der Waals surface area contributed by atoms with Crippen LogP contribution in [0.4, 0.5) is 11.4 Å². The Morgan fingerprint density at radius 1 is 0.879 bits per heavy atom. The summed E-state index contributed by atoms with van der Waals surface area (Å²) in [7, 11) is -3.75. The summed E-state index contributed by atoms with van der Waals surface area (Å²) >= 11 is 1.77. The summed E-state index contributed by atoms with van der Waals surface area (Å²) in [6.45, 7) is 3.54. The van der Waals surface area contributed by atoms with Crippen LogP contribution < -0.4 is 16.0 Å². The molecule has 1 unspecified atom stereocenters. The van der Waals surface area contributed by atoms with Crippen LogP contribution in [0.5, 0.6) is 0 Å². The highest BCUT2D eigenvalue weighted by Gasteiger charge is 2.48. The third-order valence-corrected chi connectivity index (χ3v) is 15.2. The van der Waals surface area contributed by atoms with Crippen LogP contribution in [0.15, 0.2) is 94.7 Å². The number of benzene rings is 4. The molecule has 4 atom stereocenters. The van der Waals surface area contributed by atoms with Gasteiger partial charge in [0.25, 0.3) is 5.91 Å². The maximum atomic E-state index is 14.0. The number of nitrogens with zero attached hydrogens (tertiary/aromatic N) is 2. The van der Waals surface area contributed by atoms with Gasteiger partial charge in [-0.15, -0.1) is 11.8 Å². The minimum atomic E-state index is -3.75. The van der Waals surface area contributed by atoms with Gasteiger partial charge in [-0.25, -0.2) is 8.42 Å². The molecule has 11 nitrogen and oxygen atoms in total. The zero-order valence-corrected chi connectivity index (χ0v) is 34.4. The summed E-state index contributed by atoms with van der Waals surface area (Å²) < 4.78 is 29.6. The number of piperidine rings is 1. The maximum Gasteiger partial charge on any atom is 0.255 e. The Balaban J connectivity index is 0.819. The van der Waals surface area contributed by atoms with Crippen molar-refractivity contribution in [2.45, 2.75) is 92.8 Å². The van der Waals surface area contributed by atoms with Gasteiger partial charge in [0.1, 0.15) is 6.04 Å². The number of unbranched alkanes of at least 4 members (excludes halogenated alkanes) is 4. The van der Waals surface area contributed by atoms with Crippen molar-refractivity contribution in [1.82, 2.24) is 14.5 Å². The highest BCUT2D eigenvalue weighted by atomic mass is 32.2. The second-order valence-corrected chi connectivity index (χ2v) is 18.9. The normalized spacial score (nSPS) is 21.6. The first-order valence-corrected chi connectivity index (χ1v) is 22.9. The van der Waals surface area contributed by atoms with Crippen LogP contribution >= 0.6 is 11.8 Å². The average Bonchev–Trinajstić information content (AvgIpc) is 3.83. The molecule has 4 N–H and O–H groups in total. The molecule has 0 aromatic heterocycles. The molecule has 4 aliphatic heterocycles. The van der Waals surface area contributed by atoms with E-state index in [1.165, 1.54) is 0 Å². The molecule has 8 rings (SSSR count). The van der Waals surface area contributed by atoms with Crippen LogP contribution in [0.3, 0.4) is 0 Å². The number of aliphatic hydroxyl groups excluding tert-OH is 1. The fraction of sp³-hybridized carbons (Fsp3) is 0.400. The Labute approximate surface area is 345 Å². The summed E-state index contributed by atoms with van der Waals surface area (Å²) in [4.78, 5) is 40.2. The number of rotatable bonds is 15. The van der Waals surface area contributed by atoms with Gasteiger partial charge in [-0.3, -0.25) is 19.7 Å². The number of aryl methyl sites for hydroxylation is 1. The highest BCUT2D eigenvalue weighted by molar-refractivity contribution is 7.99. The third kappa shape index (κ3) is 8.14. The smallest absolute Gasteiger partial charge is 0.255 e. The second kappa shape index (κ2) is 17.3. The van der Waals surface area contributed by atoms with E-state index in [0.717, 1.165) is 88.5 Å². The van der Waals surface area contributed by atoms with Crippen molar-refractivity contribution in [1.29, 1.82) is 0 Å². The fourth-order valence-corrected chi connectivity index (χ4v) is 11.7. The first kappa shape index (κ1) is 40.1. The molecule has 4 aromatic carbocycles. The number of hydrogen-bond acceptors (Lipinski definition) is 9. The Kier molecular flexibility index (Phi) is 11.9. The lowest BCUT2D eigenvalue weighted by Gasteiger charge is -2.39. The summed E-state index contributed by atoms with van der Waals surface area (Å²) in [5.74, 6) is 0.107. The van der Waals surface area contributed by atoms with Gasteiger partial charge in [0.2, 0.25) is 21.8 Å². The predicted molar refractivity (Wildman–Crippen MR) is 227 cm³/mol. The van der Waals surface area contributed by atoms with E-state index in [1.807, 2.05) is 43.3 Å². The standard InChI is InChI=1S/C45H51N5O6S2/c1-29-13-16-33(17-14-29)58(55,56)50-23-21-35-39(28-51)47-38-18-15-31(26-36(38)43(35)50)30-9-7-10-32(25-30)46-22-5-3-2-4-6-24-57-41-12-8-11-34-37(41)27-49(45(34)54)40-19-20-42(52)48-44(40)53/h7-18,25-26,35,39-40,43,46-47,51H,2-6,19-24,27-28H2,1H3,(H,48,52,53)/t35-,39+,40?,43-/m1/s1. The van der Waals surface area contributed by atoms with Crippen LogP contribution in [0, 0.1) is 12.8 Å². The van der Waals surface area contributed by atoms with Crippen LogP contribution in [-0.4, -0.2) is 78.0 Å². The molecule has 0 bridgehead atoms. The minimum absolute atomic E-state index is 0.0452. The van der Waals surface area contributed by atoms with Crippen molar-refractivity contribution in [3.05, 3.63) is 107 Å². The number of sulfonamides is 1. The van der Waals surface area contributed by atoms with Gasteiger partial charge in [0, 0.05) is 53.8 Å². The van der Waals surface area contributed by atoms with E-state index in [-0.39, 0.29) is 48.8 Å². The first-order valence-electron chi connectivity index (χ1n) is 20.5. The number of fused-ring (bicyclic) bond motifs is 4. The fourth-order valence-electron chi connectivity index (χ4n) is 8.99. The van der Waals surface area contributed by atoms with Gasteiger partial charge in [0.15, 0.2) is 0 Å². The zero-order chi connectivity index (χ0) is 40.4. The van der Waals surface area contributed by atoms with E-state index in [9.17, 15) is 27.9 Å². The SMILES string of the molecule is Cc1ccc(S(=O)(=O)N2CC[C@@H]3[C@H](CO)Nc4ccc(-c5cccc(NCCCCCCCSc6cccc7c6CN(C6CCC(=O)NC6=O)C7=O)c5)cc4[C@@H]32)cc1. The molecule has 2 saturated heterocycles. The van der Waals surface area contributed by atoms with Gasteiger partial charge in [-0.1, -0.05) is 61.2 Å². The predicted octanol–water partition coefficient (Wildman–Crippen LogP) is 7.12. The number of anilines is 2. The Bertz CT molecular complexity index is 2300. The molecule has 13 heteroatoms. The molecule has 0 radical (unpaired) electrons. The van der Waals surface area contributed by atoms with Crippen molar-refractivity contribution in [2.75, 3.05) is 36.1 Å². The van der Waals surface area contributed by atoms with E-state index in [1.54, 1.807) is 33.1 Å². The Morgan fingerprint density at radius 3 is 2.47 bits per heavy atom. The molecule has 4 aliphatic rings. The number of imide groups is 1. The van der Waals surface area contributed by atoms with Crippen LogP contribution in [0.1, 0.15) is 84.5 Å². The lowest BCUT2D eigenvalue weighted by Crippen LogP contribution is -2.52. The van der Waals surface area contributed by atoms with E-state index in [2.05, 4.69) is 52.3 Å². The maximum absolute atomic E-state index is 14.0. The van der Waals surface area contributed by atoms with E-state index in [0.29, 0.717) is 36.4 Å². The number of thioether (sulfide) groups is 1. The van der Waals surface area contributed by atoms with Crippen molar-refractivity contribution in [3.63, 3.8) is 0 Å². The summed E-state index contributed by atoms with van der Waals surface area (Å²) in [6.07, 6.45) is 6.77. The third-order valence-electron chi connectivity index (χ3n) is 12.1. The van der Waals surface area contributed by atoms with Gasteiger partial charge < -0.3 is 20.6 Å². The van der Waals surface area contributed by atoms with Crippen molar-refractivity contribution in [3.8, 4) is 11.1 Å². The lowest BCUT2D eigenvalue weighted by atomic mass is 9.82. The number of nitrogens with one attached hydrogen (secondary N) is 3. The number of aliphatic hydroxyl groups is 1. The molecule has 0 saturated carbocycles. The van der Waals surface area contributed by atoms with Gasteiger partial charge in [0.05, 0.1) is 23.6 Å². The van der Waals surface area contributed by atoms with Crippen LogP contribution in [0.2, 0.25) is 0 Å². The average molecular weight is 822 g/mol. The molecule has 58 heavy (non-hydrogen) atoms. The lowest BCUT2D eigenvalue weighted by molar-refractivity contribution is -0.136. The van der Waals surface area contributed by atoms with E-state index >= 15 is 0 Å². The monoisotopic (exact) mass is 821 g/mol. The number of hydrogen-bond donors (Lipinski definition) is 4. The van der Waals surface area contributed by atoms with Gasteiger partial charge in [-0.2, -0.15) is 4.31 Å². The van der Waals surface area contributed by atoms with Crippen molar-refractivity contribution >= 4 is 50.9 Å².